The number of benzene rings is 1. The van der Waals surface area contributed by atoms with E-state index in [1.807, 2.05) is 0 Å². The van der Waals surface area contributed by atoms with Crippen molar-refractivity contribution in [3.05, 3.63) is 32.6 Å². The maximum atomic E-state index is 13.8. The molecule has 2 aromatic rings. The number of nitro benzene ring substituents is 1. The summed E-state index contributed by atoms with van der Waals surface area (Å²) in [6.45, 7) is 0. The molecule has 1 aromatic heterocycles. The Balaban J connectivity index is 2.93. The summed E-state index contributed by atoms with van der Waals surface area (Å²) < 4.78 is 115. The molecule has 2 rings (SSSR count). The third kappa shape index (κ3) is 2.89. The number of halogens is 10. The number of hydrogen-bond acceptors (Lipinski definition) is 4. The van der Waals surface area contributed by atoms with Crippen LogP contribution in [0.1, 0.15) is 17.8 Å². The highest BCUT2D eigenvalue weighted by atomic mass is 35.5. The minimum Gasteiger partial charge on any atom is -0.426 e. The first-order valence-corrected chi connectivity index (χ1v) is 6.63. The first-order chi connectivity index (χ1) is 12.1. The van der Waals surface area contributed by atoms with Gasteiger partial charge in [0.25, 0.3) is 6.43 Å². The highest BCUT2D eigenvalue weighted by Crippen LogP contribution is 2.52. The number of alkyl halides is 9. The van der Waals surface area contributed by atoms with Crippen LogP contribution in [0.4, 0.5) is 45.2 Å². The maximum absolute atomic E-state index is 13.8. The summed E-state index contributed by atoms with van der Waals surface area (Å²) in [7, 11) is 0. The molecule has 0 amide bonds. The fourth-order valence-corrected chi connectivity index (χ4v) is 2.36. The summed E-state index contributed by atoms with van der Waals surface area (Å²) in [6.07, 6.45) is -10.5. The van der Waals surface area contributed by atoms with Crippen LogP contribution in [0.5, 0.6) is 0 Å². The van der Waals surface area contributed by atoms with Gasteiger partial charge >= 0.3 is 23.7 Å². The fraction of sp³-hybridized carbons (Fsp3) is 0.364. The molecule has 16 heteroatoms. The Bertz CT molecular complexity index is 925. The predicted molar refractivity (Wildman–Crippen MR) is 68.4 cm³/mol. The van der Waals surface area contributed by atoms with Crippen molar-refractivity contribution in [3.63, 3.8) is 0 Å². The number of imidazole rings is 1. The van der Waals surface area contributed by atoms with Crippen LogP contribution in [0.15, 0.2) is 6.07 Å². The second kappa shape index (κ2) is 6.03. The number of rotatable bonds is 4. The van der Waals surface area contributed by atoms with Gasteiger partial charge in [-0.05, 0) is 6.07 Å². The van der Waals surface area contributed by atoms with E-state index in [-0.39, 0.29) is 6.07 Å². The van der Waals surface area contributed by atoms with E-state index in [0.29, 0.717) is 0 Å². The quantitative estimate of drug-likeness (QED) is 0.317. The summed E-state index contributed by atoms with van der Waals surface area (Å²) in [4.78, 5) is 11.9. The highest BCUT2D eigenvalue weighted by molar-refractivity contribution is 6.32. The molecular weight excluding hydrogens is 429 g/mol. The molecule has 0 atom stereocenters. The molecule has 0 fully saturated rings. The molecule has 6 nitrogen and oxygen atoms in total. The van der Waals surface area contributed by atoms with E-state index < -0.39 is 67.2 Å². The van der Waals surface area contributed by atoms with Crippen molar-refractivity contribution in [2.75, 3.05) is 0 Å². The Morgan fingerprint density at radius 2 is 1.70 bits per heavy atom. The van der Waals surface area contributed by atoms with E-state index in [9.17, 15) is 54.8 Å². The summed E-state index contributed by atoms with van der Waals surface area (Å²) in [5.41, 5.74) is -6.05. The molecular formula is C11H3ClF9N3O3. The zero-order valence-corrected chi connectivity index (χ0v) is 12.8. The smallest absolute Gasteiger partial charge is 0.426 e. The van der Waals surface area contributed by atoms with Crippen LogP contribution in [0.25, 0.3) is 11.0 Å². The Hall–Kier alpha value is -2.45. The molecule has 1 N–H and O–H groups in total. The van der Waals surface area contributed by atoms with E-state index in [1.165, 1.54) is 0 Å². The molecule has 1 heterocycles. The topological polar surface area (TPSA) is 81.2 Å². The number of nitrogens with zero attached hydrogens (tertiary/aromatic N) is 3. The van der Waals surface area contributed by atoms with Gasteiger partial charge in [0.05, 0.1) is 9.95 Å². The van der Waals surface area contributed by atoms with Crippen LogP contribution in [0, 0.1) is 10.1 Å². The first-order valence-electron chi connectivity index (χ1n) is 6.25. The van der Waals surface area contributed by atoms with Gasteiger partial charge in [-0.1, -0.05) is 11.6 Å². The average molecular weight is 432 g/mol. The Kier molecular flexibility index (Phi) is 4.66. The molecule has 0 spiro atoms. The second-order valence-electron chi connectivity index (χ2n) is 4.94. The van der Waals surface area contributed by atoms with Gasteiger partial charge in [-0.2, -0.15) is 35.5 Å². The van der Waals surface area contributed by atoms with Crippen molar-refractivity contribution >= 4 is 28.3 Å². The van der Waals surface area contributed by atoms with Crippen LogP contribution in [-0.2, 0) is 5.92 Å². The summed E-state index contributed by atoms with van der Waals surface area (Å²) in [6, 6.07) is 0.226. The van der Waals surface area contributed by atoms with Crippen molar-refractivity contribution in [1.82, 2.24) is 9.71 Å². The molecule has 0 aliphatic heterocycles. The number of aromatic nitrogens is 2. The SMILES string of the molecule is O=[N+]([O-])c1c(C(F)F)c(Cl)cc2c1nc(C(F)(F)C(F)(F)C(F)(F)F)n2O. The molecule has 1 aromatic carbocycles. The summed E-state index contributed by atoms with van der Waals surface area (Å²) in [5.74, 6) is -15.6. The lowest BCUT2D eigenvalue weighted by Gasteiger charge is -2.26. The average Bonchev–Trinajstić information content (AvgIpc) is 2.81. The number of fused-ring (bicyclic) bond motifs is 1. The van der Waals surface area contributed by atoms with Crippen molar-refractivity contribution < 1.29 is 49.6 Å². The zero-order chi connectivity index (χ0) is 21.1. The van der Waals surface area contributed by atoms with Crippen LogP contribution < -0.4 is 0 Å². The van der Waals surface area contributed by atoms with Gasteiger partial charge in [0, 0.05) is 0 Å². The third-order valence-corrected chi connectivity index (χ3v) is 3.63. The predicted octanol–water partition coefficient (Wildman–Crippen LogP) is 5.06. The van der Waals surface area contributed by atoms with E-state index in [1.54, 1.807) is 0 Å². The molecule has 0 unspecified atom stereocenters. The normalized spacial score (nSPS) is 13.6. The molecule has 0 bridgehead atoms. The largest absolute Gasteiger partial charge is 0.460 e. The molecule has 0 aliphatic rings. The molecule has 0 aliphatic carbocycles. The molecule has 0 saturated heterocycles. The van der Waals surface area contributed by atoms with Crippen molar-refractivity contribution in [2.45, 2.75) is 24.4 Å². The lowest BCUT2D eigenvalue weighted by atomic mass is 10.1. The van der Waals surface area contributed by atoms with Crippen LogP contribution >= 0.6 is 11.6 Å². The van der Waals surface area contributed by atoms with Gasteiger partial charge in [0.2, 0.25) is 5.82 Å². The van der Waals surface area contributed by atoms with Gasteiger partial charge in [0.15, 0.2) is 5.52 Å². The van der Waals surface area contributed by atoms with Gasteiger partial charge in [-0.3, -0.25) is 10.1 Å². The monoisotopic (exact) mass is 431 g/mol. The third-order valence-electron chi connectivity index (χ3n) is 3.32. The first kappa shape index (κ1) is 20.9. The number of nitro groups is 1. The molecule has 0 saturated carbocycles. The Morgan fingerprint density at radius 1 is 1.19 bits per heavy atom. The summed E-state index contributed by atoms with van der Waals surface area (Å²) >= 11 is 5.35. The molecule has 150 valence electrons. The minimum atomic E-state index is -6.80. The van der Waals surface area contributed by atoms with Crippen LogP contribution in [0.2, 0.25) is 5.02 Å². The van der Waals surface area contributed by atoms with Gasteiger partial charge in [-0.15, -0.1) is 0 Å². The van der Waals surface area contributed by atoms with Crippen molar-refractivity contribution in [1.29, 1.82) is 0 Å². The summed E-state index contributed by atoms with van der Waals surface area (Å²) in [5, 5.41) is 19.4. The van der Waals surface area contributed by atoms with Gasteiger partial charge in [-0.25, -0.2) is 13.8 Å². The minimum absolute atomic E-state index is 0.226. The second-order valence-corrected chi connectivity index (χ2v) is 5.35. The highest BCUT2D eigenvalue weighted by Gasteiger charge is 2.75. The van der Waals surface area contributed by atoms with E-state index in [2.05, 4.69) is 4.98 Å². The van der Waals surface area contributed by atoms with Crippen LogP contribution in [0.3, 0.4) is 0 Å². The maximum Gasteiger partial charge on any atom is 0.460 e. The zero-order valence-electron chi connectivity index (χ0n) is 12.0. The van der Waals surface area contributed by atoms with Crippen molar-refractivity contribution in [2.24, 2.45) is 0 Å². The van der Waals surface area contributed by atoms with Crippen molar-refractivity contribution in [3.8, 4) is 0 Å². The standard InChI is InChI=1S/C11H3ClF9N3O3/c12-2-1-3-5(6(24(26)27)4(2)7(13)14)22-8(23(3)25)9(15,16)10(17,18)11(19,20)21/h1,7,25H. The van der Waals surface area contributed by atoms with E-state index >= 15 is 0 Å². The van der Waals surface area contributed by atoms with Gasteiger partial charge < -0.3 is 5.21 Å². The van der Waals surface area contributed by atoms with E-state index in [0.717, 1.165) is 0 Å². The molecule has 0 radical (unpaired) electrons. The van der Waals surface area contributed by atoms with E-state index in [4.69, 9.17) is 11.6 Å². The Morgan fingerprint density at radius 3 is 2.11 bits per heavy atom. The Labute approximate surface area is 145 Å². The van der Waals surface area contributed by atoms with Gasteiger partial charge in [0.1, 0.15) is 11.1 Å². The fourth-order valence-electron chi connectivity index (χ4n) is 2.08. The lowest BCUT2D eigenvalue weighted by Crippen LogP contribution is -2.51. The number of hydrogen-bond donors (Lipinski definition) is 1. The molecule has 27 heavy (non-hydrogen) atoms. The van der Waals surface area contributed by atoms with Crippen LogP contribution in [-0.4, -0.2) is 31.9 Å². The lowest BCUT2D eigenvalue weighted by molar-refractivity contribution is -0.384.